The van der Waals surface area contributed by atoms with Crippen LogP contribution in [0.1, 0.15) is 32.8 Å². The molecule has 0 fully saturated rings. The third-order valence-electron chi connectivity index (χ3n) is 3.32. The van der Waals surface area contributed by atoms with Crippen molar-refractivity contribution in [1.82, 2.24) is 0 Å². The molecule has 0 saturated heterocycles. The fourth-order valence-corrected chi connectivity index (χ4v) is 2.12. The predicted octanol–water partition coefficient (Wildman–Crippen LogP) is 3.89. The number of benzene rings is 1. The van der Waals surface area contributed by atoms with Gasteiger partial charge in [0.1, 0.15) is 5.82 Å². The summed E-state index contributed by atoms with van der Waals surface area (Å²) in [5.41, 5.74) is 6.91. The van der Waals surface area contributed by atoms with Gasteiger partial charge in [-0.05, 0) is 43.0 Å². The number of rotatable bonds is 4. The smallest absolute Gasteiger partial charge is 0.123 e. The molecule has 0 spiro atoms. The van der Waals surface area contributed by atoms with Gasteiger partial charge in [-0.2, -0.15) is 0 Å². The molecule has 2 unspecified atom stereocenters. The van der Waals surface area contributed by atoms with Crippen LogP contribution in [0, 0.1) is 11.7 Å². The van der Waals surface area contributed by atoms with Gasteiger partial charge >= 0.3 is 0 Å². The molecule has 0 bridgehead atoms. The van der Waals surface area contributed by atoms with Crippen molar-refractivity contribution < 1.29 is 4.39 Å². The Morgan fingerprint density at radius 2 is 2.12 bits per heavy atom. The maximum atomic E-state index is 13.1. The molecule has 0 amide bonds. The number of hydrogen-bond acceptors (Lipinski definition) is 1. The average Bonchev–Trinajstić information content (AvgIpc) is 2.22. The maximum Gasteiger partial charge on any atom is 0.123 e. The molecule has 2 N–H and O–H groups in total. The summed E-state index contributed by atoms with van der Waals surface area (Å²) in [5, 5.41) is 0. The lowest BCUT2D eigenvalue weighted by molar-refractivity contribution is 0.306. The quantitative estimate of drug-likeness (QED) is 0.893. The van der Waals surface area contributed by atoms with Crippen LogP contribution in [0.15, 0.2) is 22.7 Å². The van der Waals surface area contributed by atoms with E-state index in [1.54, 1.807) is 12.1 Å². The van der Waals surface area contributed by atoms with E-state index in [4.69, 9.17) is 5.73 Å². The Labute approximate surface area is 105 Å². The summed E-state index contributed by atoms with van der Waals surface area (Å²) in [6, 6.07) is 4.74. The molecule has 1 aromatic rings. The summed E-state index contributed by atoms with van der Waals surface area (Å²) < 4.78 is 14.1. The van der Waals surface area contributed by atoms with Gasteiger partial charge in [-0.3, -0.25) is 0 Å². The molecule has 0 heterocycles. The molecule has 1 aromatic carbocycles. The second-order valence-electron chi connectivity index (χ2n) is 4.73. The Bertz CT molecular complexity index is 363. The summed E-state index contributed by atoms with van der Waals surface area (Å²) in [5.74, 6) is 0.195. The molecular weight excluding hydrogens is 269 g/mol. The molecule has 3 heteroatoms. The Morgan fingerprint density at radius 1 is 1.50 bits per heavy atom. The van der Waals surface area contributed by atoms with Crippen LogP contribution in [0.4, 0.5) is 4.39 Å². The predicted molar refractivity (Wildman–Crippen MR) is 69.9 cm³/mol. The first-order valence-electron chi connectivity index (χ1n) is 5.59. The molecule has 0 aliphatic heterocycles. The fraction of sp³-hybridized carbons (Fsp3) is 0.538. The number of nitrogens with two attached hydrogens (primary N) is 1. The van der Waals surface area contributed by atoms with Gasteiger partial charge in [0, 0.05) is 10.0 Å². The van der Waals surface area contributed by atoms with Gasteiger partial charge in [0.05, 0.1) is 0 Å². The largest absolute Gasteiger partial charge is 0.325 e. The molecule has 16 heavy (non-hydrogen) atoms. The summed E-state index contributed by atoms with van der Waals surface area (Å²) >= 11 is 3.43. The lowest BCUT2D eigenvalue weighted by atomic mass is 9.81. The maximum absolute atomic E-state index is 13.1. The van der Waals surface area contributed by atoms with Crippen LogP contribution in [0.3, 0.4) is 0 Å². The molecule has 90 valence electrons. The van der Waals surface area contributed by atoms with E-state index in [2.05, 4.69) is 29.8 Å². The zero-order chi connectivity index (χ0) is 12.3. The highest BCUT2D eigenvalue weighted by Crippen LogP contribution is 2.26. The first kappa shape index (κ1) is 13.7. The molecule has 0 radical (unpaired) electrons. The SMILES string of the molecule is CCC(C)C(C)(N)Cc1cc(F)ccc1Br. The van der Waals surface area contributed by atoms with E-state index in [1.807, 2.05) is 6.92 Å². The zero-order valence-electron chi connectivity index (χ0n) is 10.1. The minimum absolute atomic E-state index is 0.210. The Balaban J connectivity index is 2.91. The van der Waals surface area contributed by atoms with Gasteiger partial charge in [-0.25, -0.2) is 4.39 Å². The summed E-state index contributed by atoms with van der Waals surface area (Å²) in [7, 11) is 0. The van der Waals surface area contributed by atoms with Gasteiger partial charge in [0.15, 0.2) is 0 Å². The van der Waals surface area contributed by atoms with Crippen molar-refractivity contribution in [1.29, 1.82) is 0 Å². The second kappa shape index (κ2) is 5.28. The average molecular weight is 288 g/mol. The Kier molecular flexibility index (Phi) is 4.51. The fourth-order valence-electron chi connectivity index (χ4n) is 1.73. The minimum atomic E-state index is -0.301. The van der Waals surface area contributed by atoms with Gasteiger partial charge in [0.25, 0.3) is 0 Å². The van der Waals surface area contributed by atoms with Gasteiger partial charge in [0.2, 0.25) is 0 Å². The molecule has 2 atom stereocenters. The number of halogens is 2. The zero-order valence-corrected chi connectivity index (χ0v) is 11.6. The van der Waals surface area contributed by atoms with Crippen LogP contribution in [0.25, 0.3) is 0 Å². The van der Waals surface area contributed by atoms with Crippen LogP contribution >= 0.6 is 15.9 Å². The van der Waals surface area contributed by atoms with E-state index in [0.29, 0.717) is 12.3 Å². The standard InChI is InChI=1S/C13H19BrFN/c1-4-9(2)13(3,16)8-10-7-11(15)5-6-12(10)14/h5-7,9H,4,8,16H2,1-3H3. The van der Waals surface area contributed by atoms with Gasteiger partial charge in [-0.1, -0.05) is 36.2 Å². The van der Waals surface area contributed by atoms with Crippen molar-refractivity contribution in [2.24, 2.45) is 11.7 Å². The van der Waals surface area contributed by atoms with Gasteiger partial charge < -0.3 is 5.73 Å². The monoisotopic (exact) mass is 287 g/mol. The van der Waals surface area contributed by atoms with Crippen LogP contribution in [-0.2, 0) is 6.42 Å². The third kappa shape index (κ3) is 3.29. The summed E-state index contributed by atoms with van der Waals surface area (Å²) in [4.78, 5) is 0. The van der Waals surface area contributed by atoms with E-state index in [9.17, 15) is 4.39 Å². The van der Waals surface area contributed by atoms with Crippen molar-refractivity contribution in [3.8, 4) is 0 Å². The first-order chi connectivity index (χ1) is 7.36. The normalized spacial score (nSPS) is 16.9. The van der Waals surface area contributed by atoms with Crippen molar-refractivity contribution in [2.75, 3.05) is 0 Å². The summed E-state index contributed by atoms with van der Waals surface area (Å²) in [6.45, 7) is 6.28. The molecule has 0 aliphatic rings. The first-order valence-corrected chi connectivity index (χ1v) is 6.39. The molecule has 1 rings (SSSR count). The van der Waals surface area contributed by atoms with Crippen molar-refractivity contribution in [3.63, 3.8) is 0 Å². The van der Waals surface area contributed by atoms with E-state index in [-0.39, 0.29) is 11.4 Å². The molecule has 0 aliphatic carbocycles. The Morgan fingerprint density at radius 3 is 2.69 bits per heavy atom. The molecule has 0 aromatic heterocycles. The minimum Gasteiger partial charge on any atom is -0.325 e. The van der Waals surface area contributed by atoms with Crippen molar-refractivity contribution in [2.45, 2.75) is 39.2 Å². The lowest BCUT2D eigenvalue weighted by Crippen LogP contribution is -2.44. The van der Waals surface area contributed by atoms with E-state index < -0.39 is 0 Å². The van der Waals surface area contributed by atoms with E-state index in [1.165, 1.54) is 6.07 Å². The van der Waals surface area contributed by atoms with E-state index in [0.717, 1.165) is 16.5 Å². The van der Waals surface area contributed by atoms with Gasteiger partial charge in [-0.15, -0.1) is 0 Å². The van der Waals surface area contributed by atoms with Crippen LogP contribution in [-0.4, -0.2) is 5.54 Å². The summed E-state index contributed by atoms with van der Waals surface area (Å²) in [6.07, 6.45) is 1.71. The second-order valence-corrected chi connectivity index (χ2v) is 5.58. The van der Waals surface area contributed by atoms with Crippen LogP contribution < -0.4 is 5.73 Å². The topological polar surface area (TPSA) is 26.0 Å². The van der Waals surface area contributed by atoms with Crippen LogP contribution in [0.5, 0.6) is 0 Å². The third-order valence-corrected chi connectivity index (χ3v) is 4.09. The van der Waals surface area contributed by atoms with Crippen molar-refractivity contribution >= 4 is 15.9 Å². The van der Waals surface area contributed by atoms with E-state index >= 15 is 0 Å². The number of hydrogen-bond donors (Lipinski definition) is 1. The molecule has 0 saturated carbocycles. The highest BCUT2D eigenvalue weighted by Gasteiger charge is 2.26. The lowest BCUT2D eigenvalue weighted by Gasteiger charge is -2.31. The highest BCUT2D eigenvalue weighted by atomic mass is 79.9. The van der Waals surface area contributed by atoms with Crippen LogP contribution in [0.2, 0.25) is 0 Å². The highest BCUT2D eigenvalue weighted by molar-refractivity contribution is 9.10. The molecule has 1 nitrogen and oxygen atoms in total. The van der Waals surface area contributed by atoms with Crippen molar-refractivity contribution in [3.05, 3.63) is 34.1 Å². The molecular formula is C13H19BrFN. The Hall–Kier alpha value is -0.410.